The Kier molecular flexibility index (Phi) is 5.42. The molecule has 0 radical (unpaired) electrons. The Labute approximate surface area is 144 Å². The van der Waals surface area contributed by atoms with Gasteiger partial charge in [-0.25, -0.2) is 9.67 Å². The minimum Gasteiger partial charge on any atom is -0.245 e. The van der Waals surface area contributed by atoms with Crippen LogP contribution in [0.15, 0.2) is 54.6 Å². The van der Waals surface area contributed by atoms with E-state index >= 15 is 0 Å². The summed E-state index contributed by atoms with van der Waals surface area (Å²) in [7, 11) is 0. The van der Waals surface area contributed by atoms with Crippen molar-refractivity contribution in [1.29, 1.82) is 0 Å². The predicted molar refractivity (Wildman–Crippen MR) is 99.0 cm³/mol. The molecule has 124 valence electrons. The Morgan fingerprint density at radius 1 is 0.875 bits per heavy atom. The van der Waals surface area contributed by atoms with Gasteiger partial charge in [-0.15, -0.1) is 0 Å². The van der Waals surface area contributed by atoms with Crippen LogP contribution in [0.4, 0.5) is 0 Å². The van der Waals surface area contributed by atoms with Crippen LogP contribution >= 0.6 is 0 Å². The summed E-state index contributed by atoms with van der Waals surface area (Å²) in [4.78, 5) is 4.68. The second-order valence-corrected chi connectivity index (χ2v) is 6.12. The molecule has 0 amide bonds. The van der Waals surface area contributed by atoms with Crippen molar-refractivity contribution in [3.63, 3.8) is 0 Å². The molecule has 0 aliphatic heterocycles. The zero-order valence-corrected chi connectivity index (χ0v) is 14.6. The molecule has 24 heavy (non-hydrogen) atoms. The molecule has 0 bridgehead atoms. The van der Waals surface area contributed by atoms with Gasteiger partial charge in [-0.2, -0.15) is 5.10 Å². The van der Waals surface area contributed by atoms with E-state index in [1.807, 2.05) is 6.07 Å². The summed E-state index contributed by atoms with van der Waals surface area (Å²) >= 11 is 0. The molecule has 3 nitrogen and oxygen atoms in total. The highest BCUT2D eigenvalue weighted by Crippen LogP contribution is 2.19. The minimum absolute atomic E-state index is 0.789. The standard InChI is InChI=1S/C21H25N3/c1-3-5-11-20-22-21(4-2)24(23-20)16-17-12-14-19(15-13-17)18-9-7-6-8-10-18/h6-10,12-15H,3-5,11,16H2,1-2H3. The van der Waals surface area contributed by atoms with Crippen molar-refractivity contribution >= 4 is 0 Å². The van der Waals surface area contributed by atoms with E-state index in [-0.39, 0.29) is 0 Å². The molecule has 0 N–H and O–H groups in total. The summed E-state index contributed by atoms with van der Waals surface area (Å²) in [5.74, 6) is 2.06. The first-order valence-electron chi connectivity index (χ1n) is 8.87. The Balaban J connectivity index is 1.75. The molecule has 0 unspecified atom stereocenters. The van der Waals surface area contributed by atoms with Crippen LogP contribution in [0.3, 0.4) is 0 Å². The van der Waals surface area contributed by atoms with E-state index in [4.69, 9.17) is 5.10 Å². The maximum absolute atomic E-state index is 4.70. The average molecular weight is 319 g/mol. The van der Waals surface area contributed by atoms with Crippen molar-refractivity contribution in [2.24, 2.45) is 0 Å². The number of aryl methyl sites for hydroxylation is 2. The largest absolute Gasteiger partial charge is 0.245 e. The SMILES string of the molecule is CCCCc1nc(CC)n(Cc2ccc(-c3ccccc3)cc2)n1. The van der Waals surface area contributed by atoms with Crippen molar-refractivity contribution in [2.75, 3.05) is 0 Å². The fourth-order valence-corrected chi connectivity index (χ4v) is 2.86. The number of nitrogens with zero attached hydrogens (tertiary/aromatic N) is 3. The molecule has 3 aromatic rings. The van der Waals surface area contributed by atoms with Crippen molar-refractivity contribution in [3.05, 3.63) is 71.8 Å². The molecule has 0 spiro atoms. The molecule has 1 heterocycles. The monoisotopic (exact) mass is 319 g/mol. The van der Waals surface area contributed by atoms with Crippen LogP contribution in [0.25, 0.3) is 11.1 Å². The van der Waals surface area contributed by atoms with Gasteiger partial charge in [0.1, 0.15) is 5.82 Å². The van der Waals surface area contributed by atoms with Crippen LogP contribution in [0.1, 0.15) is 43.9 Å². The zero-order valence-electron chi connectivity index (χ0n) is 14.6. The topological polar surface area (TPSA) is 30.7 Å². The maximum atomic E-state index is 4.70. The lowest BCUT2D eigenvalue weighted by Crippen LogP contribution is -2.06. The van der Waals surface area contributed by atoms with Crippen LogP contribution in [-0.2, 0) is 19.4 Å². The van der Waals surface area contributed by atoms with Crippen molar-refractivity contribution < 1.29 is 0 Å². The first kappa shape index (κ1) is 16.4. The fraction of sp³-hybridized carbons (Fsp3) is 0.333. The molecule has 0 saturated heterocycles. The summed E-state index contributed by atoms with van der Waals surface area (Å²) in [6.45, 7) is 5.13. The number of aromatic nitrogens is 3. The van der Waals surface area contributed by atoms with Gasteiger partial charge in [-0.3, -0.25) is 0 Å². The van der Waals surface area contributed by atoms with Crippen LogP contribution in [-0.4, -0.2) is 14.8 Å². The predicted octanol–water partition coefficient (Wildman–Crippen LogP) is 4.90. The third kappa shape index (κ3) is 3.91. The lowest BCUT2D eigenvalue weighted by molar-refractivity contribution is 0.632. The summed E-state index contributed by atoms with van der Waals surface area (Å²) in [6, 6.07) is 19.2. The van der Waals surface area contributed by atoms with Gasteiger partial charge < -0.3 is 0 Å². The first-order valence-corrected chi connectivity index (χ1v) is 8.87. The molecule has 1 aromatic heterocycles. The highest BCUT2D eigenvalue weighted by Gasteiger charge is 2.08. The average Bonchev–Trinajstić information content (AvgIpc) is 3.03. The molecule has 0 aliphatic carbocycles. The second-order valence-electron chi connectivity index (χ2n) is 6.12. The zero-order chi connectivity index (χ0) is 16.8. The Morgan fingerprint density at radius 3 is 2.25 bits per heavy atom. The number of unbranched alkanes of at least 4 members (excludes halogenated alkanes) is 1. The third-order valence-corrected chi connectivity index (χ3v) is 4.26. The van der Waals surface area contributed by atoms with E-state index in [0.717, 1.165) is 37.5 Å². The van der Waals surface area contributed by atoms with Gasteiger partial charge in [-0.1, -0.05) is 74.9 Å². The number of rotatable bonds is 7. The Bertz CT molecular complexity index is 758. The smallest absolute Gasteiger partial charge is 0.150 e. The lowest BCUT2D eigenvalue weighted by atomic mass is 10.0. The van der Waals surface area contributed by atoms with Crippen LogP contribution < -0.4 is 0 Å². The van der Waals surface area contributed by atoms with Gasteiger partial charge in [0.25, 0.3) is 0 Å². The highest BCUT2D eigenvalue weighted by molar-refractivity contribution is 5.63. The maximum Gasteiger partial charge on any atom is 0.150 e. The van der Waals surface area contributed by atoms with E-state index in [9.17, 15) is 0 Å². The number of hydrogen-bond donors (Lipinski definition) is 0. The molecule has 3 rings (SSSR count). The number of hydrogen-bond acceptors (Lipinski definition) is 2. The molecular formula is C21H25N3. The van der Waals surface area contributed by atoms with E-state index in [0.29, 0.717) is 0 Å². The van der Waals surface area contributed by atoms with E-state index in [1.165, 1.54) is 23.1 Å². The van der Waals surface area contributed by atoms with Crippen molar-refractivity contribution in [1.82, 2.24) is 14.8 Å². The van der Waals surface area contributed by atoms with Gasteiger partial charge >= 0.3 is 0 Å². The summed E-state index contributed by atoms with van der Waals surface area (Å²) in [6.07, 6.45) is 4.22. The van der Waals surface area contributed by atoms with Gasteiger partial charge in [0.15, 0.2) is 5.82 Å². The Morgan fingerprint density at radius 2 is 1.58 bits per heavy atom. The molecule has 0 saturated carbocycles. The third-order valence-electron chi connectivity index (χ3n) is 4.26. The number of benzene rings is 2. The summed E-state index contributed by atoms with van der Waals surface area (Å²) in [5.41, 5.74) is 3.76. The molecule has 0 fully saturated rings. The fourth-order valence-electron chi connectivity index (χ4n) is 2.86. The van der Waals surface area contributed by atoms with Gasteiger partial charge in [0, 0.05) is 12.8 Å². The van der Waals surface area contributed by atoms with E-state index in [1.54, 1.807) is 0 Å². The van der Waals surface area contributed by atoms with E-state index in [2.05, 4.69) is 72.0 Å². The van der Waals surface area contributed by atoms with Crippen LogP contribution in [0.5, 0.6) is 0 Å². The molecule has 3 heteroatoms. The Hall–Kier alpha value is -2.42. The summed E-state index contributed by atoms with van der Waals surface area (Å²) in [5, 5.41) is 4.70. The molecule has 0 atom stereocenters. The van der Waals surface area contributed by atoms with Crippen molar-refractivity contribution in [3.8, 4) is 11.1 Å². The first-order chi connectivity index (χ1) is 11.8. The van der Waals surface area contributed by atoms with Crippen molar-refractivity contribution in [2.45, 2.75) is 46.1 Å². The van der Waals surface area contributed by atoms with Gasteiger partial charge in [-0.05, 0) is 23.1 Å². The molecule has 2 aromatic carbocycles. The minimum atomic E-state index is 0.789. The normalized spacial score (nSPS) is 10.9. The highest BCUT2D eigenvalue weighted by atomic mass is 15.3. The van der Waals surface area contributed by atoms with Crippen LogP contribution in [0, 0.1) is 0 Å². The molecular weight excluding hydrogens is 294 g/mol. The van der Waals surface area contributed by atoms with Gasteiger partial charge in [0.05, 0.1) is 6.54 Å². The molecule has 0 aliphatic rings. The second kappa shape index (κ2) is 7.91. The summed E-state index contributed by atoms with van der Waals surface area (Å²) < 4.78 is 2.06. The van der Waals surface area contributed by atoms with E-state index < -0.39 is 0 Å². The quantitative estimate of drug-likeness (QED) is 0.620. The van der Waals surface area contributed by atoms with Crippen LogP contribution in [0.2, 0.25) is 0 Å². The van der Waals surface area contributed by atoms with Gasteiger partial charge in [0.2, 0.25) is 0 Å². The lowest BCUT2D eigenvalue weighted by Gasteiger charge is -2.06.